The molecular weight excluding hydrogens is 446 g/mol. The Morgan fingerprint density at radius 2 is 2.00 bits per heavy atom. The number of allylic oxidation sites excluding steroid dienone is 1. The average Bonchev–Trinajstić information content (AvgIpc) is 3.51. The second-order valence-electron chi connectivity index (χ2n) is 8.04. The standard InChI is InChI=1S/C26H23N5O2S/c1-34-13-11-20-18-8-3-2-6-16(18)14-22(28-20)25(33)31-26-29-21-10-4-9-19(24(21)30-26)23(32)15-17-7-5-12-27-17/h2-6,8-10,12,14H,7,11,13,15H2,1H3,(H2,29,30,31,33). The maximum absolute atomic E-state index is 13.1. The minimum Gasteiger partial charge on any atom is -0.324 e. The Hall–Kier alpha value is -3.78. The Labute approximate surface area is 200 Å². The van der Waals surface area contributed by atoms with E-state index in [9.17, 15) is 9.59 Å². The third kappa shape index (κ3) is 4.49. The van der Waals surface area contributed by atoms with Crippen molar-refractivity contribution in [1.29, 1.82) is 0 Å². The highest BCUT2D eigenvalue weighted by Gasteiger charge is 2.18. The van der Waals surface area contributed by atoms with Crippen LogP contribution in [0.15, 0.2) is 65.8 Å². The molecule has 170 valence electrons. The zero-order valence-electron chi connectivity index (χ0n) is 18.7. The summed E-state index contributed by atoms with van der Waals surface area (Å²) in [7, 11) is 0. The smallest absolute Gasteiger partial charge is 0.276 e. The number of pyridine rings is 1. The molecule has 1 aliphatic heterocycles. The van der Waals surface area contributed by atoms with Crippen LogP contribution in [0.2, 0.25) is 0 Å². The van der Waals surface area contributed by atoms with E-state index in [1.54, 1.807) is 36.2 Å². The van der Waals surface area contributed by atoms with Crippen LogP contribution in [-0.4, -0.2) is 44.4 Å². The maximum Gasteiger partial charge on any atom is 0.276 e. The van der Waals surface area contributed by atoms with E-state index < -0.39 is 0 Å². The molecule has 0 atom stereocenters. The van der Waals surface area contributed by atoms with Gasteiger partial charge >= 0.3 is 0 Å². The van der Waals surface area contributed by atoms with E-state index in [0.29, 0.717) is 28.7 Å². The molecule has 3 heterocycles. The lowest BCUT2D eigenvalue weighted by Crippen LogP contribution is -2.16. The summed E-state index contributed by atoms with van der Waals surface area (Å²) in [6.07, 6.45) is 7.43. The van der Waals surface area contributed by atoms with Crippen LogP contribution >= 0.6 is 11.8 Å². The molecule has 1 amide bonds. The number of H-pyrrole nitrogens is 1. The van der Waals surface area contributed by atoms with E-state index >= 15 is 0 Å². The number of amides is 1. The summed E-state index contributed by atoms with van der Waals surface area (Å²) in [6, 6.07) is 15.1. The lowest BCUT2D eigenvalue weighted by Gasteiger charge is -2.09. The number of carbonyl (C=O) groups is 2. The van der Waals surface area contributed by atoms with Crippen molar-refractivity contribution in [3.63, 3.8) is 0 Å². The van der Waals surface area contributed by atoms with Gasteiger partial charge in [-0.2, -0.15) is 11.8 Å². The molecule has 0 fully saturated rings. The molecule has 7 nitrogen and oxygen atoms in total. The van der Waals surface area contributed by atoms with Gasteiger partial charge in [0.25, 0.3) is 5.91 Å². The number of nitrogens with zero attached hydrogens (tertiary/aromatic N) is 3. The van der Waals surface area contributed by atoms with Crippen LogP contribution in [0.5, 0.6) is 0 Å². The van der Waals surface area contributed by atoms with E-state index in [1.165, 1.54) is 0 Å². The van der Waals surface area contributed by atoms with Gasteiger partial charge in [0.15, 0.2) is 5.78 Å². The minimum absolute atomic E-state index is 0.0490. The summed E-state index contributed by atoms with van der Waals surface area (Å²) in [5.41, 5.74) is 3.79. The number of ketones is 1. The van der Waals surface area contributed by atoms with Crippen LogP contribution in [0.4, 0.5) is 5.95 Å². The number of nitrogens with one attached hydrogen (secondary N) is 2. The summed E-state index contributed by atoms with van der Waals surface area (Å²) in [5.74, 6) is 0.799. The predicted molar refractivity (Wildman–Crippen MR) is 138 cm³/mol. The molecule has 0 radical (unpaired) electrons. The number of Topliss-reactive ketones (excluding diaryl/α,β-unsaturated/α-hetero) is 1. The van der Waals surface area contributed by atoms with Gasteiger partial charge in [-0.15, -0.1) is 0 Å². The summed E-state index contributed by atoms with van der Waals surface area (Å²) >= 11 is 1.74. The van der Waals surface area contributed by atoms with Crippen LogP contribution < -0.4 is 5.32 Å². The molecule has 2 aromatic heterocycles. The Kier molecular flexibility index (Phi) is 6.22. The first kappa shape index (κ1) is 22.0. The average molecular weight is 470 g/mol. The number of aromatic nitrogens is 3. The van der Waals surface area contributed by atoms with Gasteiger partial charge in [0.2, 0.25) is 5.95 Å². The number of hydrogen-bond acceptors (Lipinski definition) is 6. The van der Waals surface area contributed by atoms with Gasteiger partial charge in [0.05, 0.1) is 5.52 Å². The quantitative estimate of drug-likeness (QED) is 0.346. The number of para-hydroxylation sites is 1. The minimum atomic E-state index is -0.352. The first-order valence-electron chi connectivity index (χ1n) is 11.0. The number of rotatable bonds is 8. The lowest BCUT2D eigenvalue weighted by molar-refractivity contribution is 0.0998. The normalized spacial score (nSPS) is 12.9. The number of fused-ring (bicyclic) bond motifs is 2. The van der Waals surface area contributed by atoms with Crippen LogP contribution in [0.3, 0.4) is 0 Å². The summed E-state index contributed by atoms with van der Waals surface area (Å²) < 4.78 is 0. The molecule has 1 aliphatic rings. The SMILES string of the molecule is CSCCc1nc(C(=O)Nc2nc3c(C(=O)CC4=NC=CC4)cccc3[nH]2)cc2ccccc12. The molecular formula is C26H23N5O2S. The van der Waals surface area contributed by atoms with E-state index in [2.05, 4.69) is 31.5 Å². The maximum atomic E-state index is 13.1. The fourth-order valence-corrected chi connectivity index (χ4v) is 4.46. The number of aryl methyl sites for hydroxylation is 1. The second kappa shape index (κ2) is 9.61. The molecule has 0 unspecified atom stereocenters. The topological polar surface area (TPSA) is 100 Å². The number of benzene rings is 2. The second-order valence-corrected chi connectivity index (χ2v) is 9.03. The highest BCUT2D eigenvalue weighted by atomic mass is 32.2. The highest BCUT2D eigenvalue weighted by Crippen LogP contribution is 2.23. The van der Waals surface area contributed by atoms with Crippen molar-refractivity contribution in [2.75, 3.05) is 17.3 Å². The molecule has 34 heavy (non-hydrogen) atoms. The number of aromatic amines is 1. The van der Waals surface area contributed by atoms with Crippen molar-refractivity contribution in [2.24, 2.45) is 4.99 Å². The van der Waals surface area contributed by atoms with Crippen molar-refractivity contribution < 1.29 is 9.59 Å². The Morgan fingerprint density at radius 1 is 1.12 bits per heavy atom. The number of thioether (sulfide) groups is 1. The van der Waals surface area contributed by atoms with Gasteiger partial charge in [0.1, 0.15) is 11.2 Å². The zero-order valence-corrected chi connectivity index (χ0v) is 19.5. The third-order valence-corrected chi connectivity index (χ3v) is 6.33. The Bertz CT molecular complexity index is 1470. The molecule has 8 heteroatoms. The Morgan fingerprint density at radius 3 is 2.82 bits per heavy atom. The summed E-state index contributed by atoms with van der Waals surface area (Å²) in [5, 5.41) is 4.85. The molecule has 0 spiro atoms. The molecule has 0 aliphatic carbocycles. The number of carbonyl (C=O) groups excluding carboxylic acids is 2. The van der Waals surface area contributed by atoms with Gasteiger partial charge in [0, 0.05) is 41.4 Å². The predicted octanol–water partition coefficient (Wildman–Crippen LogP) is 5.20. The molecule has 5 rings (SSSR count). The fourth-order valence-electron chi connectivity index (χ4n) is 4.06. The van der Waals surface area contributed by atoms with Crippen LogP contribution in [0.25, 0.3) is 21.8 Å². The highest BCUT2D eigenvalue weighted by molar-refractivity contribution is 7.98. The van der Waals surface area contributed by atoms with E-state index in [4.69, 9.17) is 0 Å². The van der Waals surface area contributed by atoms with Gasteiger partial charge in [-0.05, 0) is 42.0 Å². The molecule has 0 bridgehead atoms. The molecule has 0 saturated heterocycles. The lowest BCUT2D eigenvalue weighted by atomic mass is 10.0. The molecule has 0 saturated carbocycles. The molecule has 4 aromatic rings. The van der Waals surface area contributed by atoms with Crippen molar-refractivity contribution in [3.8, 4) is 0 Å². The summed E-state index contributed by atoms with van der Waals surface area (Å²) in [4.78, 5) is 42.4. The summed E-state index contributed by atoms with van der Waals surface area (Å²) in [6.45, 7) is 0. The largest absolute Gasteiger partial charge is 0.324 e. The Balaban J connectivity index is 1.41. The number of imidazole rings is 1. The van der Waals surface area contributed by atoms with Crippen LogP contribution in [-0.2, 0) is 6.42 Å². The van der Waals surface area contributed by atoms with E-state index in [0.717, 1.165) is 34.4 Å². The first-order chi connectivity index (χ1) is 16.6. The molecule has 2 N–H and O–H groups in total. The number of anilines is 1. The fraction of sp³-hybridized carbons (Fsp3) is 0.192. The van der Waals surface area contributed by atoms with E-state index in [1.807, 2.05) is 36.4 Å². The van der Waals surface area contributed by atoms with E-state index in [-0.39, 0.29) is 24.1 Å². The van der Waals surface area contributed by atoms with Crippen molar-refractivity contribution in [3.05, 3.63) is 77.8 Å². The van der Waals surface area contributed by atoms with Crippen molar-refractivity contribution in [2.45, 2.75) is 19.3 Å². The monoisotopic (exact) mass is 469 g/mol. The van der Waals surface area contributed by atoms with Gasteiger partial charge in [-0.3, -0.25) is 19.9 Å². The first-order valence-corrected chi connectivity index (χ1v) is 12.4. The van der Waals surface area contributed by atoms with Crippen LogP contribution in [0.1, 0.15) is 39.4 Å². The molecule has 2 aromatic carbocycles. The van der Waals surface area contributed by atoms with Gasteiger partial charge < -0.3 is 4.98 Å². The van der Waals surface area contributed by atoms with Gasteiger partial charge in [-0.1, -0.05) is 36.4 Å². The number of aliphatic imine (C=N–C) groups is 1. The number of hydrogen-bond donors (Lipinski definition) is 2. The van der Waals surface area contributed by atoms with Gasteiger partial charge in [-0.25, -0.2) is 9.97 Å². The van der Waals surface area contributed by atoms with Crippen molar-refractivity contribution >= 4 is 56.9 Å². The van der Waals surface area contributed by atoms with Crippen molar-refractivity contribution in [1.82, 2.24) is 15.0 Å². The van der Waals surface area contributed by atoms with Crippen LogP contribution in [0, 0.1) is 0 Å². The zero-order chi connectivity index (χ0) is 23.5. The third-order valence-electron chi connectivity index (χ3n) is 5.72.